The number of carbonyl (C=O) groups excluding carboxylic acids is 3. The fourth-order valence-corrected chi connectivity index (χ4v) is 20.3. The minimum absolute atomic E-state index is 0.00566. The summed E-state index contributed by atoms with van der Waals surface area (Å²) in [7, 11) is 0. The highest BCUT2D eigenvalue weighted by Gasteiger charge is 2.46. The second kappa shape index (κ2) is 35.2. The third-order valence-electron chi connectivity index (χ3n) is 25.1. The number of hydrogen-bond acceptors (Lipinski definition) is 19. The number of aryl methyl sites for hydroxylation is 3. The third kappa shape index (κ3) is 15.4. The molecule has 666 valence electrons. The van der Waals surface area contributed by atoms with E-state index >= 15 is 8.78 Å². The van der Waals surface area contributed by atoms with E-state index < -0.39 is 28.5 Å². The Hall–Kier alpha value is -12.4. The topological polar surface area (TPSA) is 283 Å². The molecule has 0 radical (unpaired) electrons. The molecule has 8 aromatic heterocycles. The van der Waals surface area contributed by atoms with Crippen LogP contribution >= 0.6 is 58.0 Å². The molecule has 12 aromatic rings. The molecule has 14 heterocycles. The molecular formula is C97H94Cl5F2N15O10. The first-order chi connectivity index (χ1) is 61.5. The van der Waals surface area contributed by atoms with E-state index in [2.05, 4.69) is 49.8 Å². The molecule has 3 saturated heterocycles. The Kier molecular flexibility index (Phi) is 24.6. The number of pyridine rings is 8. The van der Waals surface area contributed by atoms with E-state index in [4.69, 9.17) is 72.7 Å². The number of ether oxygens (including phenoxy) is 1. The zero-order valence-electron chi connectivity index (χ0n) is 72.9. The number of phenols is 3. The van der Waals surface area contributed by atoms with E-state index in [9.17, 15) is 44.1 Å². The van der Waals surface area contributed by atoms with Gasteiger partial charge in [0.25, 0.3) is 11.1 Å². The second-order valence-electron chi connectivity index (χ2n) is 34.4. The van der Waals surface area contributed by atoms with Gasteiger partial charge in [-0.25, -0.2) is 18.7 Å². The molecule has 32 heteroatoms. The van der Waals surface area contributed by atoms with Crippen LogP contribution in [-0.4, -0.2) is 175 Å². The van der Waals surface area contributed by atoms with Crippen LogP contribution < -0.4 is 41.4 Å². The van der Waals surface area contributed by atoms with E-state index in [1.54, 1.807) is 80.0 Å². The molecule has 3 fully saturated rings. The van der Waals surface area contributed by atoms with Crippen molar-refractivity contribution in [2.24, 2.45) is 0 Å². The van der Waals surface area contributed by atoms with Crippen molar-refractivity contribution in [3.8, 4) is 73.7 Å². The number of benzene rings is 4. The van der Waals surface area contributed by atoms with Crippen LogP contribution in [0.2, 0.25) is 25.1 Å². The second-order valence-corrected chi connectivity index (χ2v) is 36.4. The zero-order valence-corrected chi connectivity index (χ0v) is 76.7. The summed E-state index contributed by atoms with van der Waals surface area (Å²) in [5, 5.41) is 38.1. The predicted octanol–water partition coefficient (Wildman–Crippen LogP) is 18.1. The summed E-state index contributed by atoms with van der Waals surface area (Å²) in [5.74, 6) is -2.92. The maximum Gasteiger partial charge on any atom is 0.301 e. The molecule has 3 amide bonds. The summed E-state index contributed by atoms with van der Waals surface area (Å²) in [6.07, 6.45) is 9.33. The van der Waals surface area contributed by atoms with E-state index in [0.29, 0.717) is 131 Å². The lowest BCUT2D eigenvalue weighted by atomic mass is 9.97. The summed E-state index contributed by atoms with van der Waals surface area (Å²) in [6.45, 7) is 37.7. The van der Waals surface area contributed by atoms with Gasteiger partial charge in [0.05, 0.1) is 128 Å². The third-order valence-corrected chi connectivity index (χ3v) is 26.7. The van der Waals surface area contributed by atoms with Crippen molar-refractivity contribution in [2.75, 3.05) is 72.4 Å². The van der Waals surface area contributed by atoms with Crippen molar-refractivity contribution in [1.82, 2.24) is 53.3 Å². The first kappa shape index (κ1) is 90.0. The number of fused-ring (bicyclic) bond motifs is 15. The van der Waals surface area contributed by atoms with Crippen molar-refractivity contribution < 1.29 is 43.2 Å². The molecule has 6 aliphatic rings. The maximum atomic E-state index is 17.1. The molecule has 0 spiro atoms. The van der Waals surface area contributed by atoms with Crippen molar-refractivity contribution in [1.29, 1.82) is 0 Å². The molecular weight excluding hydrogens is 1750 g/mol. The van der Waals surface area contributed by atoms with Crippen LogP contribution in [0.25, 0.3) is 83.7 Å². The van der Waals surface area contributed by atoms with Gasteiger partial charge in [-0.3, -0.25) is 57.4 Å². The van der Waals surface area contributed by atoms with Crippen molar-refractivity contribution in [3.63, 3.8) is 0 Å². The molecule has 0 aliphatic carbocycles. The highest BCUT2D eigenvalue weighted by molar-refractivity contribution is 6.38. The Morgan fingerprint density at radius 2 is 0.884 bits per heavy atom. The first-order valence-electron chi connectivity index (χ1n) is 42.5. The maximum absolute atomic E-state index is 17.1. The summed E-state index contributed by atoms with van der Waals surface area (Å²) in [6, 6.07) is 23.0. The van der Waals surface area contributed by atoms with Crippen LogP contribution in [0.1, 0.15) is 119 Å². The minimum atomic E-state index is -1.02. The quantitative estimate of drug-likeness (QED) is 0.0827. The Bertz CT molecular complexity index is 6610. The number of aromatic nitrogens is 8. The lowest BCUT2D eigenvalue weighted by Crippen LogP contribution is -2.62. The SMILES string of the molecule is C=CC(=O)N1CC2CNc3c(c4cc(Cl)c(-c5c(O)cccc5Cl)nc4n(-c4c(C)ccnc4C(C)C)c3=O)N2CC1C.C=CC(=O)N1CC2COc3c(c4cc(Cl)c(-c5c(O)cccc5Cl)nc4n(-c4c(C)ccnc4C(C)C)c3=O)N2CC1C.C=CC(=O)N1CC2Cc3c(c4cc(F)c(-c5c(O)cccc5Cl)c(F)c4n(-c4c(C)ccnc4C(C)C)c3=O)N2CC1C. The van der Waals surface area contributed by atoms with Gasteiger partial charge in [0.2, 0.25) is 23.5 Å². The van der Waals surface area contributed by atoms with Gasteiger partial charge in [0, 0.05) is 116 Å². The summed E-state index contributed by atoms with van der Waals surface area (Å²) in [4.78, 5) is 117. The molecule has 6 unspecified atom stereocenters. The van der Waals surface area contributed by atoms with Crippen molar-refractivity contribution >= 4 is 131 Å². The molecule has 0 saturated carbocycles. The van der Waals surface area contributed by atoms with Crippen LogP contribution in [0.5, 0.6) is 23.0 Å². The highest BCUT2D eigenvalue weighted by Crippen LogP contribution is 2.51. The highest BCUT2D eigenvalue weighted by atomic mass is 35.5. The molecule has 6 atom stereocenters. The molecule has 0 bridgehead atoms. The van der Waals surface area contributed by atoms with Crippen molar-refractivity contribution in [3.05, 3.63) is 255 Å². The monoisotopic (exact) mass is 1840 g/mol. The van der Waals surface area contributed by atoms with E-state index in [1.807, 2.05) is 105 Å². The fourth-order valence-electron chi connectivity index (χ4n) is 19.1. The van der Waals surface area contributed by atoms with Gasteiger partial charge in [-0.15, -0.1) is 0 Å². The van der Waals surface area contributed by atoms with Crippen LogP contribution in [0.15, 0.2) is 162 Å². The number of nitrogens with one attached hydrogen (secondary N) is 1. The summed E-state index contributed by atoms with van der Waals surface area (Å²) < 4.78 is 43.9. The number of aromatic hydroxyl groups is 3. The number of anilines is 4. The first-order valence-corrected chi connectivity index (χ1v) is 44.4. The lowest BCUT2D eigenvalue weighted by molar-refractivity contribution is -0.129. The molecule has 25 nitrogen and oxygen atoms in total. The Balaban J connectivity index is 0.000000142. The summed E-state index contributed by atoms with van der Waals surface area (Å²) in [5.41, 5.74) is 8.46. The molecule has 4 aromatic carbocycles. The number of carbonyl (C=O) groups is 3. The number of rotatable bonds is 12. The Labute approximate surface area is 767 Å². The van der Waals surface area contributed by atoms with E-state index in [0.717, 1.165) is 22.5 Å². The lowest BCUT2D eigenvalue weighted by Gasteiger charge is -2.49. The predicted molar refractivity (Wildman–Crippen MR) is 506 cm³/mol. The number of piperazine rings is 3. The van der Waals surface area contributed by atoms with E-state index in [1.165, 1.54) is 59.2 Å². The Morgan fingerprint density at radius 3 is 1.33 bits per heavy atom. The average molecular weight is 1850 g/mol. The number of amides is 3. The van der Waals surface area contributed by atoms with Gasteiger partial charge in [0.15, 0.2) is 17.1 Å². The van der Waals surface area contributed by atoms with Crippen LogP contribution in [0.4, 0.5) is 31.5 Å². The van der Waals surface area contributed by atoms with Crippen LogP contribution in [-0.2, 0) is 20.8 Å². The minimum Gasteiger partial charge on any atom is -0.507 e. The van der Waals surface area contributed by atoms with Gasteiger partial charge >= 0.3 is 5.56 Å². The van der Waals surface area contributed by atoms with Gasteiger partial charge in [-0.1, -0.05) is 137 Å². The normalized spacial score (nSPS) is 17.9. The Morgan fingerprint density at radius 1 is 0.481 bits per heavy atom. The van der Waals surface area contributed by atoms with Crippen LogP contribution in [0, 0.1) is 32.4 Å². The fraction of sp³-hybridized carbons (Fsp3) is 0.309. The van der Waals surface area contributed by atoms with Crippen LogP contribution in [0.3, 0.4) is 0 Å². The number of hydrogen-bond donors (Lipinski definition) is 4. The average Bonchev–Trinajstić information content (AvgIpc) is 1.57. The molecule has 129 heavy (non-hydrogen) atoms. The standard InChI is InChI=1S/C33H31ClF2N4O3.C32H32Cl2N6O3.C32H31Cl2N5O4/c1-6-25(42)38-15-19-12-21-31(39(19)14-18(38)5)20-13-23(35)27(26-22(34)8-7-9-24(26)41)28(36)32(20)40(33(21)43)30-17(4)10-11-37-29(30)16(2)3;1-6-24(42)38-15-19-13-36-28-30(39(19)14-18(38)5)20-12-22(34)27(25-21(33)8-7-9-23(25)41)37-31(20)40(32(28)43)29-17(4)10-11-35-26(29)16(2)3;1-6-24(41)37-14-19-15-43-30-29(38(19)13-18(37)5)20-12-22(34)27(25-21(33)8-7-9-23(25)40)36-31(20)39(32(30)42)28-17(4)10-11-35-26(28)16(2)3/h6-11,13,16,18-19,41H,1,12,14-15H2,2-5H3;6-12,16,18-19,36,41H,1,13-15H2,2-5H3;6-12,16,18-19,40H,1,13-15H2,2-5H3. The largest absolute Gasteiger partial charge is 0.507 e. The van der Waals surface area contributed by atoms with E-state index in [-0.39, 0.29) is 171 Å². The number of halogens is 7. The molecule has 4 N–H and O–H groups in total. The van der Waals surface area contributed by atoms with Gasteiger partial charge in [-0.05, 0) is 167 Å². The summed E-state index contributed by atoms with van der Waals surface area (Å²) >= 11 is 33.3. The number of nitrogens with zero attached hydrogens (tertiary/aromatic N) is 14. The van der Waals surface area contributed by atoms with Crippen molar-refractivity contribution in [2.45, 2.75) is 144 Å². The zero-order chi connectivity index (χ0) is 92.4. The van der Waals surface area contributed by atoms with Gasteiger partial charge in [0.1, 0.15) is 35.4 Å². The van der Waals surface area contributed by atoms with Gasteiger partial charge < -0.3 is 54.8 Å². The molecule has 6 aliphatic heterocycles. The molecule has 18 rings (SSSR count). The van der Waals surface area contributed by atoms with Gasteiger partial charge in [-0.2, -0.15) is 0 Å². The number of phenolic OH excluding ortho intramolecular Hbond substituents is 3. The smallest absolute Gasteiger partial charge is 0.301 e.